The highest BCUT2D eigenvalue weighted by Crippen LogP contribution is 2.37. The van der Waals surface area contributed by atoms with Gasteiger partial charge in [-0.3, -0.25) is 9.59 Å². The van der Waals surface area contributed by atoms with Crippen LogP contribution in [0.5, 0.6) is 0 Å². The molecule has 0 N–H and O–H groups in total. The molecule has 2 unspecified atom stereocenters. The van der Waals surface area contributed by atoms with Crippen molar-refractivity contribution in [1.82, 2.24) is 0 Å². The van der Waals surface area contributed by atoms with Crippen LogP contribution in [0.3, 0.4) is 0 Å². The minimum Gasteiger partial charge on any atom is -0.465 e. The molecule has 0 aromatic heterocycles. The van der Waals surface area contributed by atoms with Crippen molar-refractivity contribution in [2.24, 2.45) is 34.5 Å². The number of hydrogen-bond acceptors (Lipinski definition) is 4. The summed E-state index contributed by atoms with van der Waals surface area (Å²) in [4.78, 5) is 25.7. The first-order valence-corrected chi connectivity index (χ1v) is 9.95. The molecule has 26 heavy (non-hydrogen) atoms. The minimum absolute atomic E-state index is 0.0873. The molecule has 0 bridgehead atoms. The number of ether oxygens (including phenoxy) is 2. The Morgan fingerprint density at radius 1 is 0.654 bits per heavy atom. The van der Waals surface area contributed by atoms with Gasteiger partial charge in [0.1, 0.15) is 0 Å². The summed E-state index contributed by atoms with van der Waals surface area (Å²) in [7, 11) is 0. The molecular formula is C22H42O4. The molecule has 0 aliphatic carbocycles. The minimum atomic E-state index is -0.479. The molecule has 0 rings (SSSR count). The molecule has 0 aliphatic rings. The number of carbonyl (C=O) groups is 2. The molecule has 0 aromatic rings. The van der Waals surface area contributed by atoms with Gasteiger partial charge in [0, 0.05) is 0 Å². The van der Waals surface area contributed by atoms with E-state index in [0.29, 0.717) is 26.1 Å². The fourth-order valence-corrected chi connectivity index (χ4v) is 2.81. The topological polar surface area (TPSA) is 52.6 Å². The maximum atomic E-state index is 12.9. The third kappa shape index (κ3) is 11.5. The summed E-state index contributed by atoms with van der Waals surface area (Å²) >= 11 is 0. The van der Waals surface area contributed by atoms with Crippen LogP contribution in [-0.4, -0.2) is 25.2 Å². The number of hydrogen-bond donors (Lipinski definition) is 0. The van der Waals surface area contributed by atoms with Crippen molar-refractivity contribution in [2.75, 3.05) is 13.2 Å². The van der Waals surface area contributed by atoms with E-state index in [1.165, 1.54) is 0 Å². The Labute approximate surface area is 161 Å². The third-order valence-corrected chi connectivity index (χ3v) is 3.87. The largest absolute Gasteiger partial charge is 0.465 e. The molecule has 154 valence electrons. The highest BCUT2D eigenvalue weighted by atomic mass is 16.5. The molecule has 0 radical (unpaired) electrons. The number of carbonyl (C=O) groups excluding carboxylic acids is 2. The van der Waals surface area contributed by atoms with Gasteiger partial charge >= 0.3 is 11.9 Å². The lowest BCUT2D eigenvalue weighted by Crippen LogP contribution is -2.38. The van der Waals surface area contributed by atoms with Crippen LogP contribution in [0, 0.1) is 34.5 Å². The van der Waals surface area contributed by atoms with Gasteiger partial charge in [-0.1, -0.05) is 69.2 Å². The predicted octanol–water partition coefficient (Wildman–Crippen LogP) is 5.49. The summed E-state index contributed by atoms with van der Waals surface area (Å²) in [5, 5.41) is 0. The Morgan fingerprint density at radius 2 is 0.923 bits per heavy atom. The van der Waals surface area contributed by atoms with Gasteiger partial charge in [-0.2, -0.15) is 0 Å². The molecule has 4 nitrogen and oxygen atoms in total. The lowest BCUT2D eigenvalue weighted by Gasteiger charge is -2.33. The van der Waals surface area contributed by atoms with Crippen LogP contribution < -0.4 is 0 Å². The normalized spacial score (nSPS) is 15.1. The van der Waals surface area contributed by atoms with Crippen LogP contribution in [0.4, 0.5) is 0 Å². The highest BCUT2D eigenvalue weighted by molar-refractivity contribution is 5.82. The van der Waals surface area contributed by atoms with Crippen molar-refractivity contribution in [1.29, 1.82) is 0 Å². The van der Waals surface area contributed by atoms with E-state index in [9.17, 15) is 9.59 Å². The number of rotatable bonds is 9. The van der Waals surface area contributed by atoms with E-state index >= 15 is 0 Å². The van der Waals surface area contributed by atoms with E-state index in [1.54, 1.807) is 0 Å². The predicted molar refractivity (Wildman–Crippen MR) is 107 cm³/mol. The summed E-state index contributed by atoms with van der Waals surface area (Å²) in [5.74, 6) is -0.972. The molecule has 0 fully saturated rings. The second kappa shape index (κ2) is 10.3. The Balaban J connectivity index is 5.58. The Bertz CT molecular complexity index is 396. The third-order valence-electron chi connectivity index (χ3n) is 3.87. The molecule has 0 amide bonds. The molecule has 0 spiro atoms. The molecule has 2 atom stereocenters. The van der Waals surface area contributed by atoms with E-state index in [4.69, 9.17) is 9.47 Å². The first-order valence-electron chi connectivity index (χ1n) is 9.95. The zero-order chi connectivity index (χ0) is 20.7. The maximum Gasteiger partial charge on any atom is 0.309 e. The smallest absolute Gasteiger partial charge is 0.309 e. The fraction of sp³-hybridized carbons (Fsp3) is 0.909. The Morgan fingerprint density at radius 3 is 1.12 bits per heavy atom. The van der Waals surface area contributed by atoms with Gasteiger partial charge < -0.3 is 9.47 Å². The number of esters is 2. The van der Waals surface area contributed by atoms with E-state index < -0.39 is 11.8 Å². The average Bonchev–Trinajstić information content (AvgIpc) is 2.43. The van der Waals surface area contributed by atoms with Crippen molar-refractivity contribution in [3.05, 3.63) is 0 Å². The van der Waals surface area contributed by atoms with Crippen molar-refractivity contribution in [3.8, 4) is 0 Å². The summed E-state index contributed by atoms with van der Waals surface area (Å²) in [5.41, 5.74) is -0.175. The van der Waals surface area contributed by atoms with Gasteiger partial charge in [0.25, 0.3) is 0 Å². The second-order valence-electron chi connectivity index (χ2n) is 10.8. The van der Waals surface area contributed by atoms with Crippen LogP contribution in [0.15, 0.2) is 0 Å². The Hall–Kier alpha value is -1.06. The maximum absolute atomic E-state index is 12.9. The summed E-state index contributed by atoms with van der Waals surface area (Å²) in [6, 6.07) is 0. The van der Waals surface area contributed by atoms with Crippen LogP contribution in [0.2, 0.25) is 0 Å². The molecule has 0 aliphatic heterocycles. The molecule has 0 saturated carbocycles. The molecule has 0 heterocycles. The first-order chi connectivity index (χ1) is 11.6. The van der Waals surface area contributed by atoms with Crippen molar-refractivity contribution >= 4 is 11.9 Å². The SMILES string of the molecule is CC(C)COC(=O)C(CC(C)(C)C)C(CC(C)(C)C)C(=O)OCC(C)C. The fourth-order valence-electron chi connectivity index (χ4n) is 2.81. The van der Waals surface area contributed by atoms with Gasteiger partial charge in [0.05, 0.1) is 25.0 Å². The van der Waals surface area contributed by atoms with Gasteiger partial charge in [-0.25, -0.2) is 0 Å². The molecular weight excluding hydrogens is 328 g/mol. The van der Waals surface area contributed by atoms with Crippen molar-refractivity contribution < 1.29 is 19.1 Å². The van der Waals surface area contributed by atoms with E-state index in [0.717, 1.165) is 0 Å². The quantitative estimate of drug-likeness (QED) is 0.504. The van der Waals surface area contributed by atoms with Crippen LogP contribution >= 0.6 is 0 Å². The summed E-state index contributed by atoms with van der Waals surface area (Å²) in [6.07, 6.45) is 1.20. The van der Waals surface area contributed by atoms with Gasteiger partial charge in [0.15, 0.2) is 0 Å². The summed E-state index contributed by atoms with van der Waals surface area (Å²) < 4.78 is 11.1. The zero-order valence-electron chi connectivity index (χ0n) is 18.8. The van der Waals surface area contributed by atoms with E-state index in [2.05, 4.69) is 41.5 Å². The van der Waals surface area contributed by atoms with Crippen LogP contribution in [0.25, 0.3) is 0 Å². The van der Waals surface area contributed by atoms with Crippen molar-refractivity contribution in [3.63, 3.8) is 0 Å². The zero-order valence-corrected chi connectivity index (χ0v) is 18.8. The van der Waals surface area contributed by atoms with Gasteiger partial charge in [0.2, 0.25) is 0 Å². The standard InChI is InChI=1S/C22H42O4/c1-15(2)13-25-19(23)17(11-21(5,6)7)18(12-22(8,9)10)20(24)26-14-16(3)4/h15-18H,11-14H2,1-10H3. The molecule has 0 aromatic carbocycles. The van der Waals surface area contributed by atoms with Crippen LogP contribution in [0.1, 0.15) is 82.1 Å². The second-order valence-corrected chi connectivity index (χ2v) is 10.8. The lowest BCUT2D eigenvalue weighted by atomic mass is 9.73. The Kier molecular flexibility index (Phi) is 9.90. The lowest BCUT2D eigenvalue weighted by molar-refractivity contribution is -0.164. The highest BCUT2D eigenvalue weighted by Gasteiger charge is 2.40. The van der Waals surface area contributed by atoms with Gasteiger partial charge in [-0.05, 0) is 35.5 Å². The summed E-state index contributed by atoms with van der Waals surface area (Å²) in [6.45, 7) is 21.3. The molecule has 4 heteroatoms. The van der Waals surface area contributed by atoms with E-state index in [-0.39, 0.29) is 34.6 Å². The monoisotopic (exact) mass is 370 g/mol. The van der Waals surface area contributed by atoms with E-state index in [1.807, 2.05) is 27.7 Å². The van der Waals surface area contributed by atoms with Crippen molar-refractivity contribution in [2.45, 2.75) is 82.1 Å². The van der Waals surface area contributed by atoms with Crippen LogP contribution in [-0.2, 0) is 19.1 Å². The molecule has 0 saturated heterocycles. The van der Waals surface area contributed by atoms with Gasteiger partial charge in [-0.15, -0.1) is 0 Å². The average molecular weight is 371 g/mol. The first kappa shape index (κ1) is 24.9.